The zero-order valence-corrected chi connectivity index (χ0v) is 10.0. The van der Waals surface area contributed by atoms with Crippen molar-refractivity contribution >= 4 is 12.2 Å². The molecule has 0 aromatic heterocycles. The Morgan fingerprint density at radius 2 is 1.78 bits per heavy atom. The van der Waals surface area contributed by atoms with Gasteiger partial charge in [0, 0.05) is 12.6 Å². The molecule has 0 radical (unpaired) electrons. The number of aldehydes is 1. The molecule has 0 heterocycles. The maximum absolute atomic E-state index is 11.7. The highest BCUT2D eigenvalue weighted by Gasteiger charge is 2.10. The van der Waals surface area contributed by atoms with E-state index in [-0.39, 0.29) is 5.91 Å². The Kier molecular flexibility index (Phi) is 3.53. The Balaban J connectivity index is 2.53. The van der Waals surface area contributed by atoms with E-state index in [4.69, 9.17) is 0 Å². The minimum absolute atomic E-state index is 0.255. The molecule has 2 aromatic carbocycles. The molecule has 1 amide bonds. The van der Waals surface area contributed by atoms with Gasteiger partial charge in [0.05, 0.1) is 5.56 Å². The molecule has 0 unspecified atom stereocenters. The lowest BCUT2D eigenvalue weighted by Crippen LogP contribution is -2.19. The molecule has 2 rings (SSSR count). The smallest absolute Gasteiger partial charge is 0.251 e. The van der Waals surface area contributed by atoms with Gasteiger partial charge in [-0.15, -0.1) is 0 Å². The van der Waals surface area contributed by atoms with Gasteiger partial charge in [0.15, 0.2) is 6.29 Å². The highest BCUT2D eigenvalue weighted by atomic mass is 16.1. The molecule has 90 valence electrons. The molecule has 0 fully saturated rings. The van der Waals surface area contributed by atoms with Gasteiger partial charge >= 0.3 is 0 Å². The highest BCUT2D eigenvalue weighted by Crippen LogP contribution is 2.21. The standard InChI is InChI=1S/C15H13NO2/c1-16-15(18)14-9-12(7-8-13(14)10-17)11-5-3-2-4-6-11/h2-10H,1H3,(H,16,18). The van der Waals surface area contributed by atoms with Crippen molar-refractivity contribution in [1.82, 2.24) is 5.32 Å². The average molecular weight is 239 g/mol. The monoisotopic (exact) mass is 239 g/mol. The third kappa shape index (κ3) is 2.30. The van der Waals surface area contributed by atoms with Crippen LogP contribution in [0.3, 0.4) is 0 Å². The summed E-state index contributed by atoms with van der Waals surface area (Å²) >= 11 is 0. The molecule has 0 saturated heterocycles. The third-order valence-corrected chi connectivity index (χ3v) is 2.76. The van der Waals surface area contributed by atoms with Gasteiger partial charge in [0.2, 0.25) is 0 Å². The first-order chi connectivity index (χ1) is 8.76. The second-order valence-corrected chi connectivity index (χ2v) is 3.87. The fourth-order valence-electron chi connectivity index (χ4n) is 1.80. The minimum Gasteiger partial charge on any atom is -0.355 e. The minimum atomic E-state index is -0.255. The lowest BCUT2D eigenvalue weighted by atomic mass is 9.99. The summed E-state index contributed by atoms with van der Waals surface area (Å²) in [6.07, 6.45) is 0.694. The highest BCUT2D eigenvalue weighted by molar-refractivity contribution is 6.02. The van der Waals surface area contributed by atoms with Crippen molar-refractivity contribution in [3.63, 3.8) is 0 Å². The molecule has 18 heavy (non-hydrogen) atoms. The van der Waals surface area contributed by atoms with Crippen molar-refractivity contribution in [2.24, 2.45) is 0 Å². The Bertz CT molecular complexity index is 576. The summed E-state index contributed by atoms with van der Waals surface area (Å²) in [5.74, 6) is -0.255. The van der Waals surface area contributed by atoms with E-state index in [2.05, 4.69) is 5.32 Å². The van der Waals surface area contributed by atoms with E-state index in [0.29, 0.717) is 17.4 Å². The Labute approximate surface area is 105 Å². The summed E-state index contributed by atoms with van der Waals surface area (Å²) in [5, 5.41) is 2.54. The number of rotatable bonds is 3. The van der Waals surface area contributed by atoms with Crippen LogP contribution in [0.15, 0.2) is 48.5 Å². The first-order valence-corrected chi connectivity index (χ1v) is 5.63. The number of carbonyl (C=O) groups is 2. The number of amides is 1. The van der Waals surface area contributed by atoms with Gasteiger partial charge < -0.3 is 5.32 Å². The van der Waals surface area contributed by atoms with Gasteiger partial charge in [-0.3, -0.25) is 9.59 Å². The van der Waals surface area contributed by atoms with Crippen LogP contribution < -0.4 is 5.32 Å². The Hall–Kier alpha value is -2.42. The molecule has 0 aliphatic heterocycles. The van der Waals surface area contributed by atoms with E-state index in [0.717, 1.165) is 11.1 Å². The first-order valence-electron chi connectivity index (χ1n) is 5.63. The van der Waals surface area contributed by atoms with Crippen molar-refractivity contribution in [3.05, 3.63) is 59.7 Å². The van der Waals surface area contributed by atoms with E-state index < -0.39 is 0 Å². The van der Waals surface area contributed by atoms with Crippen molar-refractivity contribution in [2.45, 2.75) is 0 Å². The predicted molar refractivity (Wildman–Crippen MR) is 70.7 cm³/mol. The first kappa shape index (κ1) is 12.0. The number of hydrogen-bond donors (Lipinski definition) is 1. The van der Waals surface area contributed by atoms with E-state index in [9.17, 15) is 9.59 Å². The van der Waals surface area contributed by atoms with E-state index in [1.165, 1.54) is 0 Å². The van der Waals surface area contributed by atoms with Crippen molar-refractivity contribution in [2.75, 3.05) is 7.05 Å². The van der Waals surface area contributed by atoms with Gasteiger partial charge in [0.1, 0.15) is 0 Å². The van der Waals surface area contributed by atoms with Crippen LogP contribution in [0, 0.1) is 0 Å². The van der Waals surface area contributed by atoms with E-state index in [1.807, 2.05) is 36.4 Å². The van der Waals surface area contributed by atoms with Crippen LogP contribution in [0.25, 0.3) is 11.1 Å². The van der Waals surface area contributed by atoms with Gasteiger partial charge in [-0.25, -0.2) is 0 Å². The number of hydrogen-bond acceptors (Lipinski definition) is 2. The molecule has 0 atom stereocenters. The maximum Gasteiger partial charge on any atom is 0.251 e. The Morgan fingerprint density at radius 3 is 2.39 bits per heavy atom. The molecule has 0 aliphatic carbocycles. The predicted octanol–water partition coefficient (Wildman–Crippen LogP) is 2.53. The lowest BCUT2D eigenvalue weighted by molar-refractivity contribution is 0.0957. The second kappa shape index (κ2) is 5.27. The average Bonchev–Trinajstić information content (AvgIpc) is 2.46. The van der Waals surface area contributed by atoms with Gasteiger partial charge in [-0.1, -0.05) is 42.5 Å². The van der Waals surface area contributed by atoms with Gasteiger partial charge in [-0.05, 0) is 17.2 Å². The van der Waals surface area contributed by atoms with Crippen LogP contribution in [-0.4, -0.2) is 19.2 Å². The van der Waals surface area contributed by atoms with Gasteiger partial charge in [-0.2, -0.15) is 0 Å². The van der Waals surface area contributed by atoms with Crippen LogP contribution in [0.2, 0.25) is 0 Å². The van der Waals surface area contributed by atoms with Crippen molar-refractivity contribution < 1.29 is 9.59 Å². The molecule has 0 saturated carbocycles. The molecule has 0 spiro atoms. The molecular weight excluding hydrogens is 226 g/mol. The zero-order valence-electron chi connectivity index (χ0n) is 10.0. The number of benzene rings is 2. The fraction of sp³-hybridized carbons (Fsp3) is 0.0667. The molecule has 0 aliphatic rings. The largest absolute Gasteiger partial charge is 0.355 e. The fourth-order valence-corrected chi connectivity index (χ4v) is 1.80. The number of nitrogens with one attached hydrogen (secondary N) is 1. The lowest BCUT2D eigenvalue weighted by Gasteiger charge is -2.07. The molecule has 0 bridgehead atoms. The van der Waals surface area contributed by atoms with Crippen LogP contribution in [-0.2, 0) is 0 Å². The van der Waals surface area contributed by atoms with Crippen LogP contribution in [0.5, 0.6) is 0 Å². The Morgan fingerprint density at radius 1 is 1.06 bits per heavy atom. The third-order valence-electron chi connectivity index (χ3n) is 2.76. The molecule has 2 aromatic rings. The normalized spacial score (nSPS) is 9.83. The number of carbonyl (C=O) groups excluding carboxylic acids is 2. The van der Waals surface area contributed by atoms with Crippen LogP contribution in [0.1, 0.15) is 20.7 Å². The molecular formula is C15H13NO2. The van der Waals surface area contributed by atoms with Crippen molar-refractivity contribution in [1.29, 1.82) is 0 Å². The summed E-state index contributed by atoms with van der Waals surface area (Å²) in [4.78, 5) is 22.6. The maximum atomic E-state index is 11.7. The second-order valence-electron chi connectivity index (χ2n) is 3.87. The van der Waals surface area contributed by atoms with Gasteiger partial charge in [0.25, 0.3) is 5.91 Å². The van der Waals surface area contributed by atoms with Crippen molar-refractivity contribution in [3.8, 4) is 11.1 Å². The molecule has 3 nitrogen and oxygen atoms in total. The zero-order chi connectivity index (χ0) is 13.0. The van der Waals surface area contributed by atoms with E-state index >= 15 is 0 Å². The summed E-state index contributed by atoms with van der Waals surface area (Å²) in [6, 6.07) is 15.0. The summed E-state index contributed by atoms with van der Waals surface area (Å²) < 4.78 is 0. The van der Waals surface area contributed by atoms with Crippen LogP contribution in [0.4, 0.5) is 0 Å². The topological polar surface area (TPSA) is 46.2 Å². The SMILES string of the molecule is CNC(=O)c1cc(-c2ccccc2)ccc1C=O. The summed E-state index contributed by atoms with van der Waals surface area (Å²) in [6.45, 7) is 0. The summed E-state index contributed by atoms with van der Waals surface area (Å²) in [7, 11) is 1.55. The quantitative estimate of drug-likeness (QED) is 0.836. The van der Waals surface area contributed by atoms with E-state index in [1.54, 1.807) is 19.2 Å². The molecule has 1 N–H and O–H groups in total. The summed E-state index contributed by atoms with van der Waals surface area (Å²) in [5.41, 5.74) is 2.72. The van der Waals surface area contributed by atoms with Crippen LogP contribution >= 0.6 is 0 Å². The molecule has 3 heteroatoms.